The molecule has 7 nitrogen and oxygen atoms in total. The standard InChI is InChI=1S/C16H14N4O3S/c21-16(11-3-1-5-17-9-11)20-6-7-22-10-12(20)15-18-14(19-23-15)13-4-2-8-24-13/h1-5,8-9,12H,6-7,10H2. The van der Waals surface area contributed by atoms with Gasteiger partial charge in [-0.25, -0.2) is 0 Å². The van der Waals surface area contributed by atoms with E-state index in [1.807, 2.05) is 17.5 Å². The number of pyridine rings is 1. The highest BCUT2D eigenvalue weighted by atomic mass is 32.1. The van der Waals surface area contributed by atoms with Gasteiger partial charge in [-0.15, -0.1) is 11.3 Å². The lowest BCUT2D eigenvalue weighted by Crippen LogP contribution is -2.43. The number of rotatable bonds is 3. The van der Waals surface area contributed by atoms with Gasteiger partial charge in [0.15, 0.2) is 0 Å². The second kappa shape index (κ2) is 6.50. The third-order valence-corrected chi connectivity index (χ3v) is 4.63. The van der Waals surface area contributed by atoms with Crippen LogP contribution in [0.25, 0.3) is 10.7 Å². The molecule has 24 heavy (non-hydrogen) atoms. The van der Waals surface area contributed by atoms with E-state index in [4.69, 9.17) is 9.26 Å². The number of aromatic nitrogens is 3. The summed E-state index contributed by atoms with van der Waals surface area (Å²) in [5.74, 6) is 0.793. The molecule has 0 bridgehead atoms. The summed E-state index contributed by atoms with van der Waals surface area (Å²) in [4.78, 5) is 23.8. The Balaban J connectivity index is 1.62. The van der Waals surface area contributed by atoms with Crippen LogP contribution in [0, 0.1) is 0 Å². The fourth-order valence-corrected chi connectivity index (χ4v) is 3.23. The first-order valence-corrected chi connectivity index (χ1v) is 8.37. The molecule has 1 aliphatic rings. The molecular formula is C16H14N4O3S. The van der Waals surface area contributed by atoms with Gasteiger partial charge in [0.05, 0.1) is 23.7 Å². The number of hydrogen-bond acceptors (Lipinski definition) is 7. The Kier molecular flexibility index (Phi) is 4.06. The highest BCUT2D eigenvalue weighted by Crippen LogP contribution is 2.28. The third-order valence-electron chi connectivity index (χ3n) is 3.77. The van der Waals surface area contributed by atoms with E-state index < -0.39 is 6.04 Å². The van der Waals surface area contributed by atoms with Gasteiger partial charge in [0, 0.05) is 18.9 Å². The van der Waals surface area contributed by atoms with Crippen molar-refractivity contribution < 1.29 is 14.1 Å². The van der Waals surface area contributed by atoms with Crippen LogP contribution in [-0.2, 0) is 4.74 Å². The normalized spacial score (nSPS) is 17.8. The van der Waals surface area contributed by atoms with Crippen LogP contribution in [0.1, 0.15) is 22.3 Å². The van der Waals surface area contributed by atoms with E-state index >= 15 is 0 Å². The van der Waals surface area contributed by atoms with Crippen molar-refractivity contribution in [2.24, 2.45) is 0 Å². The second-order valence-electron chi connectivity index (χ2n) is 5.26. The van der Waals surface area contributed by atoms with Crippen LogP contribution in [0.4, 0.5) is 0 Å². The summed E-state index contributed by atoms with van der Waals surface area (Å²) >= 11 is 1.53. The average Bonchev–Trinajstić information content (AvgIpc) is 3.33. The molecule has 1 atom stereocenters. The molecule has 3 aromatic heterocycles. The number of carbonyl (C=O) groups is 1. The van der Waals surface area contributed by atoms with Crippen molar-refractivity contribution >= 4 is 17.2 Å². The Hall–Kier alpha value is -2.58. The van der Waals surface area contributed by atoms with Crippen LogP contribution in [-0.4, -0.2) is 45.7 Å². The molecule has 0 N–H and O–H groups in total. The van der Waals surface area contributed by atoms with E-state index in [1.165, 1.54) is 11.3 Å². The number of nitrogens with zero attached hydrogens (tertiary/aromatic N) is 4. The first kappa shape index (κ1) is 15.0. The van der Waals surface area contributed by atoms with Gasteiger partial charge in [-0.2, -0.15) is 4.98 Å². The topological polar surface area (TPSA) is 81.4 Å². The molecular weight excluding hydrogens is 328 g/mol. The van der Waals surface area contributed by atoms with Crippen LogP contribution in [0.15, 0.2) is 46.6 Å². The molecule has 0 aromatic carbocycles. The zero-order valence-electron chi connectivity index (χ0n) is 12.7. The quantitative estimate of drug-likeness (QED) is 0.727. The molecule has 4 heterocycles. The highest BCUT2D eigenvalue weighted by molar-refractivity contribution is 7.13. The Morgan fingerprint density at radius 2 is 2.29 bits per heavy atom. The Morgan fingerprint density at radius 3 is 3.08 bits per heavy atom. The maximum absolute atomic E-state index is 12.8. The van der Waals surface area contributed by atoms with Gasteiger partial charge in [0.25, 0.3) is 11.8 Å². The number of amides is 1. The molecule has 4 rings (SSSR count). The van der Waals surface area contributed by atoms with Gasteiger partial charge in [-0.05, 0) is 23.6 Å². The number of carbonyl (C=O) groups excluding carboxylic acids is 1. The maximum Gasteiger partial charge on any atom is 0.256 e. The Bertz CT molecular complexity index is 819. The summed E-state index contributed by atoms with van der Waals surface area (Å²) < 4.78 is 10.9. The molecule has 0 spiro atoms. The lowest BCUT2D eigenvalue weighted by Gasteiger charge is -2.33. The van der Waals surface area contributed by atoms with Crippen molar-refractivity contribution in [1.29, 1.82) is 0 Å². The van der Waals surface area contributed by atoms with Crippen LogP contribution in [0.2, 0.25) is 0 Å². The molecule has 0 radical (unpaired) electrons. The van der Waals surface area contributed by atoms with E-state index in [9.17, 15) is 4.79 Å². The molecule has 3 aromatic rings. The second-order valence-corrected chi connectivity index (χ2v) is 6.21. The summed E-state index contributed by atoms with van der Waals surface area (Å²) in [5.41, 5.74) is 0.530. The van der Waals surface area contributed by atoms with Crippen molar-refractivity contribution in [1.82, 2.24) is 20.0 Å². The summed E-state index contributed by atoms with van der Waals surface area (Å²) in [6.45, 7) is 1.28. The van der Waals surface area contributed by atoms with Crippen LogP contribution >= 0.6 is 11.3 Å². The van der Waals surface area contributed by atoms with Gasteiger partial charge < -0.3 is 14.2 Å². The molecule has 1 fully saturated rings. The minimum absolute atomic E-state index is 0.118. The monoisotopic (exact) mass is 342 g/mol. The summed E-state index contributed by atoms with van der Waals surface area (Å²) in [7, 11) is 0. The van der Waals surface area contributed by atoms with Crippen molar-refractivity contribution in [2.75, 3.05) is 19.8 Å². The van der Waals surface area contributed by atoms with Crippen LogP contribution in [0.3, 0.4) is 0 Å². The first-order chi connectivity index (χ1) is 11.8. The van der Waals surface area contributed by atoms with Gasteiger partial charge in [0.1, 0.15) is 6.04 Å². The first-order valence-electron chi connectivity index (χ1n) is 7.49. The zero-order valence-corrected chi connectivity index (χ0v) is 13.5. The fourth-order valence-electron chi connectivity index (χ4n) is 2.58. The predicted octanol–water partition coefficient (Wildman–Crippen LogP) is 2.41. The largest absolute Gasteiger partial charge is 0.377 e. The number of thiophene rings is 1. The number of ether oxygens (including phenoxy) is 1. The smallest absolute Gasteiger partial charge is 0.256 e. The molecule has 8 heteroatoms. The van der Waals surface area contributed by atoms with Gasteiger partial charge in [0.2, 0.25) is 5.82 Å². The van der Waals surface area contributed by atoms with Crippen LogP contribution in [0.5, 0.6) is 0 Å². The van der Waals surface area contributed by atoms with E-state index in [0.717, 1.165) is 4.88 Å². The van der Waals surface area contributed by atoms with E-state index in [0.29, 0.717) is 37.0 Å². The van der Waals surface area contributed by atoms with E-state index in [-0.39, 0.29) is 5.91 Å². The molecule has 1 saturated heterocycles. The lowest BCUT2D eigenvalue weighted by molar-refractivity contribution is -0.0119. The van der Waals surface area contributed by atoms with Crippen molar-refractivity contribution in [3.8, 4) is 10.7 Å². The van der Waals surface area contributed by atoms with Crippen molar-refractivity contribution in [3.63, 3.8) is 0 Å². The Labute approximate surface area is 141 Å². The molecule has 1 amide bonds. The lowest BCUT2D eigenvalue weighted by atomic mass is 10.1. The summed E-state index contributed by atoms with van der Waals surface area (Å²) in [6, 6.07) is 6.94. The highest BCUT2D eigenvalue weighted by Gasteiger charge is 2.33. The van der Waals surface area contributed by atoms with Gasteiger partial charge in [-0.3, -0.25) is 9.78 Å². The number of morpholine rings is 1. The molecule has 0 aliphatic carbocycles. The van der Waals surface area contributed by atoms with Gasteiger partial charge in [-0.1, -0.05) is 11.2 Å². The zero-order chi connectivity index (χ0) is 16.4. The van der Waals surface area contributed by atoms with E-state index in [2.05, 4.69) is 15.1 Å². The molecule has 0 saturated carbocycles. The average molecular weight is 342 g/mol. The number of hydrogen-bond donors (Lipinski definition) is 0. The minimum Gasteiger partial charge on any atom is -0.377 e. The summed E-state index contributed by atoms with van der Waals surface area (Å²) in [5, 5.41) is 5.97. The maximum atomic E-state index is 12.8. The fraction of sp³-hybridized carbons (Fsp3) is 0.250. The van der Waals surface area contributed by atoms with E-state index in [1.54, 1.807) is 29.4 Å². The van der Waals surface area contributed by atoms with Crippen LogP contribution < -0.4 is 0 Å². The predicted molar refractivity (Wildman–Crippen MR) is 86.4 cm³/mol. The Morgan fingerprint density at radius 1 is 1.33 bits per heavy atom. The SMILES string of the molecule is O=C(c1cccnc1)N1CCOCC1c1nc(-c2cccs2)no1. The van der Waals surface area contributed by atoms with Crippen molar-refractivity contribution in [2.45, 2.75) is 6.04 Å². The van der Waals surface area contributed by atoms with Crippen molar-refractivity contribution in [3.05, 3.63) is 53.5 Å². The molecule has 1 unspecified atom stereocenters. The summed E-state index contributed by atoms with van der Waals surface area (Å²) in [6.07, 6.45) is 3.19. The van der Waals surface area contributed by atoms with Gasteiger partial charge >= 0.3 is 0 Å². The molecule has 122 valence electrons. The third kappa shape index (κ3) is 2.81. The minimum atomic E-state index is -0.396. The molecule has 1 aliphatic heterocycles.